The van der Waals surface area contributed by atoms with E-state index in [-0.39, 0.29) is 12.5 Å². The Morgan fingerprint density at radius 2 is 1.41 bits per heavy atom. The maximum absolute atomic E-state index is 13.4. The lowest BCUT2D eigenvalue weighted by molar-refractivity contribution is -0.138. The monoisotopic (exact) mass is 365 g/mol. The number of carbonyl (C=O) groups excluding carboxylic acids is 3. The van der Waals surface area contributed by atoms with Gasteiger partial charge in [0.25, 0.3) is 5.91 Å². The first kappa shape index (κ1) is 18.6. The Morgan fingerprint density at radius 3 is 1.85 bits per heavy atom. The average Bonchev–Trinajstić information content (AvgIpc) is 2.96. The summed E-state index contributed by atoms with van der Waals surface area (Å²) in [6, 6.07) is 17.7. The molecule has 1 aliphatic heterocycles. The molecule has 1 aliphatic rings. The van der Waals surface area contributed by atoms with E-state index < -0.39 is 17.5 Å². The number of rotatable bonds is 6. The minimum atomic E-state index is -1.33. The summed E-state index contributed by atoms with van der Waals surface area (Å²) in [5, 5.41) is 2.85. The quantitative estimate of drug-likeness (QED) is 0.799. The van der Waals surface area contributed by atoms with Gasteiger partial charge in [0.1, 0.15) is 6.54 Å². The minimum Gasteiger partial charge on any atom is -0.342 e. The maximum atomic E-state index is 13.4. The van der Waals surface area contributed by atoms with E-state index in [2.05, 4.69) is 5.32 Å². The number of amides is 4. The van der Waals surface area contributed by atoms with Crippen molar-refractivity contribution in [3.8, 4) is 0 Å². The summed E-state index contributed by atoms with van der Waals surface area (Å²) < 4.78 is 0. The molecular weight excluding hydrogens is 342 g/mol. The summed E-state index contributed by atoms with van der Waals surface area (Å²) in [6.45, 7) is 4.52. The smallest absolute Gasteiger partial charge is 0.326 e. The van der Waals surface area contributed by atoms with E-state index in [1.54, 1.807) is 29.2 Å². The standard InChI is InChI=1S/C21H23N3O3/c1-3-23(4-2)18(25)15-24-19(26)21(22-20(24)27,16-11-7-5-8-12-16)17-13-9-6-10-14-17/h5-14H,3-4,15H2,1-2H3,(H,22,27). The first-order chi connectivity index (χ1) is 13.0. The summed E-state index contributed by atoms with van der Waals surface area (Å²) in [5.74, 6) is -0.689. The number of nitrogens with one attached hydrogen (secondary N) is 1. The Kier molecular flexibility index (Phi) is 5.26. The minimum absolute atomic E-state index is 0.250. The van der Waals surface area contributed by atoms with E-state index in [0.717, 1.165) is 4.90 Å². The van der Waals surface area contributed by atoms with Gasteiger partial charge < -0.3 is 10.2 Å². The molecule has 4 amide bonds. The number of hydrogen-bond acceptors (Lipinski definition) is 3. The number of nitrogens with zero attached hydrogens (tertiary/aromatic N) is 2. The van der Waals surface area contributed by atoms with Crippen molar-refractivity contribution in [3.63, 3.8) is 0 Å². The molecule has 2 aromatic carbocycles. The summed E-state index contributed by atoms with van der Waals surface area (Å²) in [6.07, 6.45) is 0. The van der Waals surface area contributed by atoms with Gasteiger partial charge in [0.2, 0.25) is 5.91 Å². The number of urea groups is 1. The molecule has 0 unspecified atom stereocenters. The predicted molar refractivity (Wildman–Crippen MR) is 102 cm³/mol. The normalized spacial score (nSPS) is 15.6. The van der Waals surface area contributed by atoms with Crippen molar-refractivity contribution in [1.82, 2.24) is 15.1 Å². The van der Waals surface area contributed by atoms with Crippen LogP contribution in [0.1, 0.15) is 25.0 Å². The van der Waals surface area contributed by atoms with E-state index >= 15 is 0 Å². The molecule has 0 bridgehead atoms. The largest absolute Gasteiger partial charge is 0.342 e. The zero-order valence-corrected chi connectivity index (χ0v) is 15.5. The second-order valence-electron chi connectivity index (χ2n) is 6.37. The Morgan fingerprint density at radius 1 is 0.926 bits per heavy atom. The molecule has 27 heavy (non-hydrogen) atoms. The van der Waals surface area contributed by atoms with Crippen LogP contribution in [0, 0.1) is 0 Å². The number of benzene rings is 2. The van der Waals surface area contributed by atoms with Gasteiger partial charge in [0.15, 0.2) is 5.54 Å². The van der Waals surface area contributed by atoms with Gasteiger partial charge >= 0.3 is 6.03 Å². The lowest BCUT2D eigenvalue weighted by atomic mass is 9.82. The highest BCUT2D eigenvalue weighted by atomic mass is 16.2. The zero-order valence-electron chi connectivity index (χ0n) is 15.5. The van der Waals surface area contributed by atoms with E-state index in [0.29, 0.717) is 24.2 Å². The number of carbonyl (C=O) groups is 3. The van der Waals surface area contributed by atoms with Crippen LogP contribution in [0.5, 0.6) is 0 Å². The maximum Gasteiger partial charge on any atom is 0.326 e. The molecule has 6 heteroatoms. The van der Waals surface area contributed by atoms with Gasteiger partial charge in [-0.05, 0) is 25.0 Å². The van der Waals surface area contributed by atoms with Crippen molar-refractivity contribution in [3.05, 3.63) is 71.8 Å². The van der Waals surface area contributed by atoms with Crippen LogP contribution in [0.2, 0.25) is 0 Å². The fraction of sp³-hybridized carbons (Fsp3) is 0.286. The molecule has 0 atom stereocenters. The molecule has 3 rings (SSSR count). The molecule has 0 aromatic heterocycles. The Bertz CT molecular complexity index is 793. The number of imide groups is 1. The van der Waals surface area contributed by atoms with Crippen molar-refractivity contribution in [2.75, 3.05) is 19.6 Å². The molecule has 0 radical (unpaired) electrons. The SMILES string of the molecule is CCN(CC)C(=O)CN1C(=O)NC(c2ccccc2)(c2ccccc2)C1=O. The van der Waals surface area contributed by atoms with Crippen LogP contribution in [-0.2, 0) is 15.1 Å². The Hall–Kier alpha value is -3.15. The topological polar surface area (TPSA) is 69.7 Å². The lowest BCUT2D eigenvalue weighted by Crippen LogP contribution is -2.46. The highest BCUT2D eigenvalue weighted by molar-refractivity contribution is 6.11. The highest BCUT2D eigenvalue weighted by Gasteiger charge is 2.54. The molecule has 1 N–H and O–H groups in total. The average molecular weight is 365 g/mol. The van der Waals surface area contributed by atoms with Crippen molar-refractivity contribution in [2.45, 2.75) is 19.4 Å². The summed E-state index contributed by atoms with van der Waals surface area (Å²) in [5.41, 5.74) is -0.0111. The van der Waals surface area contributed by atoms with Gasteiger partial charge in [0.05, 0.1) is 0 Å². The van der Waals surface area contributed by atoms with Crippen molar-refractivity contribution in [2.24, 2.45) is 0 Å². The van der Waals surface area contributed by atoms with E-state index in [4.69, 9.17) is 0 Å². The molecule has 0 spiro atoms. The summed E-state index contributed by atoms with van der Waals surface area (Å²) >= 11 is 0. The third kappa shape index (κ3) is 3.18. The fourth-order valence-corrected chi connectivity index (χ4v) is 3.47. The molecule has 0 aliphatic carbocycles. The van der Waals surface area contributed by atoms with Gasteiger partial charge in [-0.15, -0.1) is 0 Å². The van der Waals surface area contributed by atoms with Crippen molar-refractivity contribution < 1.29 is 14.4 Å². The van der Waals surface area contributed by atoms with Gasteiger partial charge in [0, 0.05) is 13.1 Å². The first-order valence-electron chi connectivity index (χ1n) is 9.07. The predicted octanol–water partition coefficient (Wildman–Crippen LogP) is 2.35. The highest BCUT2D eigenvalue weighted by Crippen LogP contribution is 2.35. The molecule has 1 fully saturated rings. The number of hydrogen-bond donors (Lipinski definition) is 1. The third-order valence-electron chi connectivity index (χ3n) is 4.93. The van der Waals surface area contributed by atoms with Crippen LogP contribution < -0.4 is 5.32 Å². The molecular formula is C21H23N3O3. The molecule has 1 saturated heterocycles. The lowest BCUT2D eigenvalue weighted by Gasteiger charge is -2.28. The van der Waals surface area contributed by atoms with Crippen LogP contribution in [0.4, 0.5) is 4.79 Å². The molecule has 0 saturated carbocycles. The molecule has 6 nitrogen and oxygen atoms in total. The van der Waals surface area contributed by atoms with Crippen molar-refractivity contribution >= 4 is 17.8 Å². The number of likely N-dealkylation sites (N-methyl/N-ethyl adjacent to an activating group) is 1. The summed E-state index contributed by atoms with van der Waals surface area (Å²) in [4.78, 5) is 41.3. The molecule has 1 heterocycles. The van der Waals surface area contributed by atoms with Crippen LogP contribution >= 0.6 is 0 Å². The van der Waals surface area contributed by atoms with Gasteiger partial charge in [-0.25, -0.2) is 4.79 Å². The van der Waals surface area contributed by atoms with Crippen LogP contribution in [0.15, 0.2) is 60.7 Å². The van der Waals surface area contributed by atoms with Crippen LogP contribution in [0.25, 0.3) is 0 Å². The van der Waals surface area contributed by atoms with E-state index in [9.17, 15) is 14.4 Å². The first-order valence-corrected chi connectivity index (χ1v) is 9.07. The Labute approximate surface area is 158 Å². The zero-order chi connectivity index (χ0) is 19.4. The van der Waals surface area contributed by atoms with Gasteiger partial charge in [-0.2, -0.15) is 0 Å². The Balaban J connectivity index is 2.03. The van der Waals surface area contributed by atoms with Crippen LogP contribution in [0.3, 0.4) is 0 Å². The van der Waals surface area contributed by atoms with Gasteiger partial charge in [-0.1, -0.05) is 60.7 Å². The summed E-state index contributed by atoms with van der Waals surface area (Å²) in [7, 11) is 0. The molecule has 140 valence electrons. The second-order valence-corrected chi connectivity index (χ2v) is 6.37. The third-order valence-corrected chi connectivity index (χ3v) is 4.93. The van der Waals surface area contributed by atoms with E-state index in [1.807, 2.05) is 50.2 Å². The van der Waals surface area contributed by atoms with Crippen LogP contribution in [-0.4, -0.2) is 47.3 Å². The van der Waals surface area contributed by atoms with Crippen molar-refractivity contribution in [1.29, 1.82) is 0 Å². The molecule has 2 aromatic rings. The van der Waals surface area contributed by atoms with E-state index in [1.165, 1.54) is 0 Å². The second kappa shape index (κ2) is 7.61. The van der Waals surface area contributed by atoms with Gasteiger partial charge in [-0.3, -0.25) is 14.5 Å². The fourth-order valence-electron chi connectivity index (χ4n) is 3.47.